The summed E-state index contributed by atoms with van der Waals surface area (Å²) in [7, 11) is 0. The quantitative estimate of drug-likeness (QED) is 0.407. The van der Waals surface area contributed by atoms with Gasteiger partial charge in [-0.3, -0.25) is 14.5 Å². The minimum absolute atomic E-state index is 0.0803. The Morgan fingerprint density at radius 2 is 2.22 bits per heavy atom. The summed E-state index contributed by atoms with van der Waals surface area (Å²) < 4.78 is 0. The molecule has 1 aliphatic rings. The van der Waals surface area contributed by atoms with Gasteiger partial charge in [-0.2, -0.15) is 0 Å². The molecule has 1 fully saturated rings. The fraction of sp³-hybridized carbons (Fsp3) is 0.714. The molecule has 1 saturated heterocycles. The van der Waals surface area contributed by atoms with Gasteiger partial charge in [-0.15, -0.1) is 6.58 Å². The van der Waals surface area contributed by atoms with E-state index in [1.54, 1.807) is 6.08 Å². The maximum atomic E-state index is 12.1. The Labute approximate surface area is 109 Å². The molecule has 0 aliphatic carbocycles. The topological polar surface area (TPSA) is 57.6 Å². The van der Waals surface area contributed by atoms with Crippen molar-refractivity contribution in [1.82, 2.24) is 4.90 Å². The molecule has 0 spiro atoms. The van der Waals surface area contributed by atoms with Crippen molar-refractivity contribution in [3.8, 4) is 0 Å². The molecule has 1 N–H and O–H groups in total. The third kappa shape index (κ3) is 3.42. The van der Waals surface area contributed by atoms with Crippen LogP contribution in [0.1, 0.15) is 39.0 Å². The average molecular weight is 253 g/mol. The average Bonchev–Trinajstić information content (AvgIpc) is 2.63. The van der Waals surface area contributed by atoms with Crippen molar-refractivity contribution in [2.24, 2.45) is 11.8 Å². The van der Waals surface area contributed by atoms with Gasteiger partial charge in [0.25, 0.3) is 0 Å². The number of aliphatic hydroxyl groups excluding tert-OH is 1. The number of unbranched alkanes of at least 4 members (excludes halogenated alkanes) is 2. The van der Waals surface area contributed by atoms with Crippen LogP contribution in [0, 0.1) is 11.8 Å². The van der Waals surface area contributed by atoms with Crippen molar-refractivity contribution in [3.05, 3.63) is 12.7 Å². The number of rotatable bonds is 8. The van der Waals surface area contributed by atoms with Crippen LogP contribution in [0.2, 0.25) is 0 Å². The van der Waals surface area contributed by atoms with Gasteiger partial charge < -0.3 is 5.11 Å². The number of allylic oxidation sites excluding steroid dienone is 1. The number of carbonyl (C=O) groups excluding carboxylic acids is 2. The highest BCUT2D eigenvalue weighted by molar-refractivity contribution is 6.03. The molecule has 2 atom stereocenters. The fourth-order valence-electron chi connectivity index (χ4n) is 2.49. The highest BCUT2D eigenvalue weighted by Crippen LogP contribution is 2.30. The normalized spacial score (nSPS) is 21.4. The molecule has 0 aromatic heterocycles. The number of nitrogens with zero attached hydrogens (tertiary/aromatic N) is 1. The second kappa shape index (κ2) is 7.31. The molecular formula is C14H23NO3. The van der Waals surface area contributed by atoms with Crippen molar-refractivity contribution in [3.63, 3.8) is 0 Å². The van der Waals surface area contributed by atoms with E-state index in [1.807, 2.05) is 0 Å². The van der Waals surface area contributed by atoms with E-state index in [-0.39, 0.29) is 43.2 Å². The first kappa shape index (κ1) is 14.9. The molecule has 0 bridgehead atoms. The summed E-state index contributed by atoms with van der Waals surface area (Å²) in [6.07, 6.45) is 6.31. The summed E-state index contributed by atoms with van der Waals surface area (Å²) in [6.45, 7) is 5.87. The van der Waals surface area contributed by atoms with Crippen molar-refractivity contribution >= 4 is 11.8 Å². The first-order valence-corrected chi connectivity index (χ1v) is 6.73. The van der Waals surface area contributed by atoms with E-state index in [9.17, 15) is 9.59 Å². The zero-order chi connectivity index (χ0) is 13.5. The summed E-state index contributed by atoms with van der Waals surface area (Å²) in [5.41, 5.74) is 0. The van der Waals surface area contributed by atoms with E-state index < -0.39 is 0 Å². The van der Waals surface area contributed by atoms with Gasteiger partial charge in [0.1, 0.15) is 0 Å². The summed E-state index contributed by atoms with van der Waals surface area (Å²) in [4.78, 5) is 25.0. The zero-order valence-corrected chi connectivity index (χ0v) is 11.1. The minimum Gasteiger partial charge on any atom is -0.395 e. The number of likely N-dealkylation sites (tertiary alicyclic amines) is 1. The van der Waals surface area contributed by atoms with Crippen LogP contribution in [0.5, 0.6) is 0 Å². The maximum absolute atomic E-state index is 12.1. The van der Waals surface area contributed by atoms with Gasteiger partial charge in [0.2, 0.25) is 11.8 Å². The molecule has 0 aromatic carbocycles. The molecular weight excluding hydrogens is 230 g/mol. The number of aliphatic hydroxyl groups is 1. The molecule has 0 aromatic rings. The molecule has 102 valence electrons. The van der Waals surface area contributed by atoms with Crippen molar-refractivity contribution < 1.29 is 14.7 Å². The van der Waals surface area contributed by atoms with Gasteiger partial charge >= 0.3 is 0 Å². The van der Waals surface area contributed by atoms with E-state index >= 15 is 0 Å². The summed E-state index contributed by atoms with van der Waals surface area (Å²) in [6, 6.07) is 0. The monoisotopic (exact) mass is 253 g/mol. The molecule has 18 heavy (non-hydrogen) atoms. The standard InChI is InChI=1S/C14H23NO3/c1-3-5-6-7-11(4-2)12-10-13(17)15(8-9-16)14(12)18/h4,11-12,16H,2-3,5-10H2,1H3. The second-order valence-corrected chi connectivity index (χ2v) is 4.81. The van der Waals surface area contributed by atoms with E-state index in [2.05, 4.69) is 13.5 Å². The molecule has 4 nitrogen and oxygen atoms in total. The van der Waals surface area contributed by atoms with Crippen LogP contribution in [-0.2, 0) is 9.59 Å². The molecule has 0 radical (unpaired) electrons. The van der Waals surface area contributed by atoms with Crippen LogP contribution < -0.4 is 0 Å². The number of hydrogen-bond donors (Lipinski definition) is 1. The lowest BCUT2D eigenvalue weighted by Crippen LogP contribution is -2.34. The first-order valence-electron chi connectivity index (χ1n) is 6.73. The number of amides is 2. The Morgan fingerprint density at radius 1 is 1.50 bits per heavy atom. The Balaban J connectivity index is 2.61. The predicted molar refractivity (Wildman–Crippen MR) is 69.7 cm³/mol. The Kier molecular flexibility index (Phi) is 6.05. The van der Waals surface area contributed by atoms with Gasteiger partial charge in [-0.1, -0.05) is 32.3 Å². The molecule has 2 amide bonds. The van der Waals surface area contributed by atoms with Gasteiger partial charge in [0.15, 0.2) is 0 Å². The van der Waals surface area contributed by atoms with E-state index in [4.69, 9.17) is 5.11 Å². The zero-order valence-electron chi connectivity index (χ0n) is 11.1. The lowest BCUT2D eigenvalue weighted by Gasteiger charge is -2.19. The van der Waals surface area contributed by atoms with E-state index in [0.29, 0.717) is 0 Å². The lowest BCUT2D eigenvalue weighted by atomic mass is 9.86. The lowest BCUT2D eigenvalue weighted by molar-refractivity contribution is -0.140. The van der Waals surface area contributed by atoms with Crippen LogP contribution in [-0.4, -0.2) is 35.0 Å². The third-order valence-electron chi connectivity index (χ3n) is 3.56. The predicted octanol–water partition coefficient (Wildman–Crippen LogP) is 1.74. The smallest absolute Gasteiger partial charge is 0.233 e. The largest absolute Gasteiger partial charge is 0.395 e. The summed E-state index contributed by atoms with van der Waals surface area (Å²) in [5, 5.41) is 8.85. The molecule has 1 aliphatic heterocycles. The number of carbonyl (C=O) groups is 2. The highest BCUT2D eigenvalue weighted by atomic mass is 16.3. The minimum atomic E-state index is -0.265. The maximum Gasteiger partial charge on any atom is 0.233 e. The van der Waals surface area contributed by atoms with Gasteiger partial charge in [-0.25, -0.2) is 0 Å². The number of hydrogen-bond acceptors (Lipinski definition) is 3. The van der Waals surface area contributed by atoms with Crippen molar-refractivity contribution in [2.75, 3.05) is 13.2 Å². The SMILES string of the molecule is C=CC(CCCCC)C1CC(=O)N(CCO)C1=O. The van der Waals surface area contributed by atoms with Crippen molar-refractivity contribution in [2.45, 2.75) is 39.0 Å². The highest BCUT2D eigenvalue weighted by Gasteiger charge is 2.41. The van der Waals surface area contributed by atoms with Crippen LogP contribution in [0.4, 0.5) is 0 Å². The third-order valence-corrected chi connectivity index (χ3v) is 3.56. The number of imide groups is 1. The first-order chi connectivity index (χ1) is 8.65. The Morgan fingerprint density at radius 3 is 2.78 bits per heavy atom. The fourth-order valence-corrected chi connectivity index (χ4v) is 2.49. The molecule has 0 saturated carbocycles. The van der Waals surface area contributed by atoms with Crippen molar-refractivity contribution in [1.29, 1.82) is 0 Å². The Bertz CT molecular complexity index is 314. The van der Waals surface area contributed by atoms with Crippen LogP contribution in [0.15, 0.2) is 12.7 Å². The second-order valence-electron chi connectivity index (χ2n) is 4.81. The molecule has 1 rings (SSSR count). The van der Waals surface area contributed by atoms with Crippen LogP contribution in [0.25, 0.3) is 0 Å². The summed E-state index contributed by atoms with van der Waals surface area (Å²) in [5.74, 6) is -0.494. The van der Waals surface area contributed by atoms with Crippen LogP contribution in [0.3, 0.4) is 0 Å². The molecule has 2 unspecified atom stereocenters. The van der Waals surface area contributed by atoms with Crippen LogP contribution >= 0.6 is 0 Å². The van der Waals surface area contributed by atoms with Gasteiger partial charge in [-0.05, 0) is 12.3 Å². The number of β-amino-alcohol motifs (C(OH)–C–C–N with tert-alkyl or cyclic N) is 1. The summed E-state index contributed by atoms with van der Waals surface area (Å²) >= 11 is 0. The Hall–Kier alpha value is -1.16. The molecule has 1 heterocycles. The van der Waals surface area contributed by atoms with Gasteiger partial charge in [0, 0.05) is 6.42 Å². The van der Waals surface area contributed by atoms with E-state index in [1.165, 1.54) is 4.90 Å². The van der Waals surface area contributed by atoms with E-state index in [0.717, 1.165) is 25.7 Å². The molecule has 4 heteroatoms. The van der Waals surface area contributed by atoms with Gasteiger partial charge in [0.05, 0.1) is 19.1 Å².